The Bertz CT molecular complexity index is 510. The summed E-state index contributed by atoms with van der Waals surface area (Å²) in [4.78, 5) is 19.6. The standard InChI is InChI=1S/C9H9N3O3S2/c1-5-6(2-8(13)14)17-9(11-5)16-3-7-10-4-15-12-7/h4H,2-3H2,1H3,(H,13,14). The van der Waals surface area contributed by atoms with Crippen LogP contribution in [-0.2, 0) is 17.0 Å². The minimum absolute atomic E-state index is 0.0201. The van der Waals surface area contributed by atoms with Crippen molar-refractivity contribution in [3.8, 4) is 0 Å². The van der Waals surface area contributed by atoms with Crippen molar-refractivity contribution in [2.75, 3.05) is 0 Å². The molecule has 0 amide bonds. The minimum atomic E-state index is -0.841. The molecule has 90 valence electrons. The zero-order valence-electron chi connectivity index (χ0n) is 8.91. The quantitative estimate of drug-likeness (QED) is 0.828. The van der Waals surface area contributed by atoms with E-state index in [1.165, 1.54) is 29.5 Å². The number of aliphatic carboxylic acids is 1. The van der Waals surface area contributed by atoms with E-state index in [4.69, 9.17) is 5.11 Å². The van der Waals surface area contributed by atoms with Gasteiger partial charge in [0.1, 0.15) is 0 Å². The summed E-state index contributed by atoms with van der Waals surface area (Å²) in [6.07, 6.45) is 1.30. The lowest BCUT2D eigenvalue weighted by atomic mass is 10.3. The highest BCUT2D eigenvalue weighted by molar-refractivity contribution is 8.00. The minimum Gasteiger partial charge on any atom is -0.481 e. The number of carboxylic acids is 1. The van der Waals surface area contributed by atoms with E-state index in [1.54, 1.807) is 0 Å². The summed E-state index contributed by atoms with van der Waals surface area (Å²) >= 11 is 2.86. The Morgan fingerprint density at radius 1 is 1.65 bits per heavy atom. The summed E-state index contributed by atoms with van der Waals surface area (Å²) in [5, 5.41) is 12.4. The zero-order valence-corrected chi connectivity index (χ0v) is 10.5. The molecule has 2 aromatic heterocycles. The fraction of sp³-hybridized carbons (Fsp3) is 0.333. The number of hydrogen-bond acceptors (Lipinski definition) is 7. The molecule has 0 fully saturated rings. The molecule has 1 N–H and O–H groups in total. The maximum atomic E-state index is 10.6. The lowest BCUT2D eigenvalue weighted by Gasteiger charge is -1.90. The average Bonchev–Trinajstić information content (AvgIpc) is 2.86. The summed E-state index contributed by atoms with van der Waals surface area (Å²) in [5.74, 6) is 0.324. The lowest BCUT2D eigenvalue weighted by Crippen LogP contribution is -1.99. The SMILES string of the molecule is Cc1nc(SCc2ncon2)sc1CC(=O)O. The van der Waals surface area contributed by atoms with Gasteiger partial charge in [-0.1, -0.05) is 16.9 Å². The normalized spacial score (nSPS) is 10.6. The van der Waals surface area contributed by atoms with Crippen LogP contribution in [0.5, 0.6) is 0 Å². The molecule has 0 radical (unpaired) electrons. The van der Waals surface area contributed by atoms with Gasteiger partial charge in [-0.3, -0.25) is 4.79 Å². The number of carboxylic acid groups (broad SMARTS) is 1. The average molecular weight is 271 g/mol. The van der Waals surface area contributed by atoms with E-state index in [2.05, 4.69) is 19.6 Å². The van der Waals surface area contributed by atoms with Crippen molar-refractivity contribution >= 4 is 29.1 Å². The van der Waals surface area contributed by atoms with Gasteiger partial charge in [-0.15, -0.1) is 11.3 Å². The molecular formula is C9H9N3O3S2. The predicted octanol–water partition coefficient (Wildman–Crippen LogP) is 1.75. The third-order valence-corrected chi connectivity index (χ3v) is 4.21. The first-order valence-corrected chi connectivity index (χ1v) is 6.51. The molecule has 0 atom stereocenters. The van der Waals surface area contributed by atoms with Crippen molar-refractivity contribution in [3.05, 3.63) is 22.8 Å². The summed E-state index contributed by atoms with van der Waals surface area (Å²) in [5.41, 5.74) is 0.771. The molecule has 2 heterocycles. The van der Waals surface area contributed by atoms with Gasteiger partial charge >= 0.3 is 5.97 Å². The third-order valence-electron chi connectivity index (χ3n) is 1.92. The first-order valence-electron chi connectivity index (χ1n) is 4.71. The molecule has 0 aliphatic heterocycles. The fourth-order valence-electron chi connectivity index (χ4n) is 1.15. The highest BCUT2D eigenvalue weighted by Gasteiger charge is 2.12. The van der Waals surface area contributed by atoms with E-state index in [0.29, 0.717) is 11.6 Å². The van der Waals surface area contributed by atoms with Crippen molar-refractivity contribution < 1.29 is 14.4 Å². The maximum Gasteiger partial charge on any atom is 0.308 e. The van der Waals surface area contributed by atoms with Crippen molar-refractivity contribution in [2.45, 2.75) is 23.4 Å². The molecule has 0 saturated carbocycles. The molecule has 0 aliphatic rings. The van der Waals surface area contributed by atoms with Crippen LogP contribution < -0.4 is 0 Å². The zero-order chi connectivity index (χ0) is 12.3. The highest BCUT2D eigenvalue weighted by atomic mass is 32.2. The number of thioether (sulfide) groups is 1. The molecular weight excluding hydrogens is 262 g/mol. The van der Waals surface area contributed by atoms with E-state index in [1.807, 2.05) is 6.92 Å². The van der Waals surface area contributed by atoms with Crippen LogP contribution >= 0.6 is 23.1 Å². The van der Waals surface area contributed by atoms with Crippen LogP contribution in [0.25, 0.3) is 0 Å². The number of aromatic nitrogens is 3. The first kappa shape index (κ1) is 12.1. The molecule has 2 rings (SSSR count). The second-order valence-electron chi connectivity index (χ2n) is 3.19. The molecule has 0 bridgehead atoms. The molecule has 0 saturated heterocycles. The summed E-state index contributed by atoms with van der Waals surface area (Å²) in [7, 11) is 0. The van der Waals surface area contributed by atoms with Crippen LogP contribution in [-0.4, -0.2) is 26.2 Å². The molecule has 0 spiro atoms. The van der Waals surface area contributed by atoms with Crippen LogP contribution in [0, 0.1) is 6.92 Å². The summed E-state index contributed by atoms with van der Waals surface area (Å²) in [6, 6.07) is 0. The Hall–Kier alpha value is -1.41. The second-order valence-corrected chi connectivity index (χ2v) is 5.50. The Balaban J connectivity index is 1.99. The van der Waals surface area contributed by atoms with Crippen molar-refractivity contribution in [3.63, 3.8) is 0 Å². The number of carbonyl (C=O) groups is 1. The van der Waals surface area contributed by atoms with Gasteiger partial charge in [0.15, 0.2) is 10.2 Å². The van der Waals surface area contributed by atoms with Gasteiger partial charge in [0.05, 0.1) is 17.9 Å². The topological polar surface area (TPSA) is 89.1 Å². The molecule has 8 heteroatoms. The molecule has 0 aromatic carbocycles. The smallest absolute Gasteiger partial charge is 0.308 e. The molecule has 0 unspecified atom stereocenters. The van der Waals surface area contributed by atoms with Gasteiger partial charge in [-0.25, -0.2) is 4.98 Å². The molecule has 0 aliphatic carbocycles. The molecule has 2 aromatic rings. The van der Waals surface area contributed by atoms with Crippen LogP contribution in [0.2, 0.25) is 0 Å². The van der Waals surface area contributed by atoms with E-state index in [9.17, 15) is 4.79 Å². The number of hydrogen-bond donors (Lipinski definition) is 1. The number of nitrogens with zero attached hydrogens (tertiary/aromatic N) is 3. The van der Waals surface area contributed by atoms with Crippen LogP contribution in [0.1, 0.15) is 16.4 Å². The first-order chi connectivity index (χ1) is 8.15. The van der Waals surface area contributed by atoms with Gasteiger partial charge in [0, 0.05) is 4.88 Å². The fourth-order valence-corrected chi connectivity index (χ4v) is 3.22. The van der Waals surface area contributed by atoms with E-state index < -0.39 is 5.97 Å². The summed E-state index contributed by atoms with van der Waals surface area (Å²) < 4.78 is 5.44. The lowest BCUT2D eigenvalue weighted by molar-refractivity contribution is -0.136. The van der Waals surface area contributed by atoms with Crippen LogP contribution in [0.15, 0.2) is 15.3 Å². The molecule has 17 heavy (non-hydrogen) atoms. The van der Waals surface area contributed by atoms with Crippen molar-refractivity contribution in [1.29, 1.82) is 0 Å². The van der Waals surface area contributed by atoms with E-state index in [-0.39, 0.29) is 6.42 Å². The number of aryl methyl sites for hydroxylation is 1. The number of rotatable bonds is 5. The maximum absolute atomic E-state index is 10.6. The van der Waals surface area contributed by atoms with Crippen molar-refractivity contribution in [1.82, 2.24) is 15.1 Å². The Labute approximate surface area is 105 Å². The Kier molecular flexibility index (Phi) is 3.75. The van der Waals surface area contributed by atoms with Crippen LogP contribution in [0.3, 0.4) is 0 Å². The second kappa shape index (κ2) is 5.28. The van der Waals surface area contributed by atoms with E-state index in [0.717, 1.165) is 14.9 Å². The van der Waals surface area contributed by atoms with Gasteiger partial charge in [-0.05, 0) is 6.92 Å². The largest absolute Gasteiger partial charge is 0.481 e. The number of thiazole rings is 1. The highest BCUT2D eigenvalue weighted by Crippen LogP contribution is 2.29. The Morgan fingerprint density at radius 3 is 3.12 bits per heavy atom. The van der Waals surface area contributed by atoms with Gasteiger partial charge in [0.2, 0.25) is 6.39 Å². The molecule has 6 nitrogen and oxygen atoms in total. The predicted molar refractivity (Wildman–Crippen MR) is 62.0 cm³/mol. The van der Waals surface area contributed by atoms with Gasteiger partial charge in [0.25, 0.3) is 0 Å². The monoisotopic (exact) mass is 271 g/mol. The van der Waals surface area contributed by atoms with Gasteiger partial charge in [-0.2, -0.15) is 4.98 Å². The van der Waals surface area contributed by atoms with Gasteiger partial charge < -0.3 is 9.63 Å². The van der Waals surface area contributed by atoms with Crippen LogP contribution in [0.4, 0.5) is 0 Å². The van der Waals surface area contributed by atoms with E-state index >= 15 is 0 Å². The van der Waals surface area contributed by atoms with Crippen molar-refractivity contribution in [2.24, 2.45) is 0 Å². The Morgan fingerprint density at radius 2 is 2.47 bits per heavy atom. The summed E-state index contributed by atoms with van der Waals surface area (Å²) in [6.45, 7) is 1.81. The third kappa shape index (κ3) is 3.27.